The predicted molar refractivity (Wildman–Crippen MR) is 88.3 cm³/mol. The monoisotopic (exact) mass is 325 g/mol. The number of hydrogen-bond donors (Lipinski definition) is 0. The molecule has 0 spiro atoms. The molecule has 0 saturated heterocycles. The van der Waals surface area contributed by atoms with Crippen LogP contribution in [-0.2, 0) is 12.8 Å². The van der Waals surface area contributed by atoms with Crippen molar-refractivity contribution in [3.8, 4) is 0 Å². The summed E-state index contributed by atoms with van der Waals surface area (Å²) in [5.41, 5.74) is 3.93. The van der Waals surface area contributed by atoms with Gasteiger partial charge in [0.1, 0.15) is 11.4 Å². The fourth-order valence-electron chi connectivity index (χ4n) is 2.59. The number of aryl methyl sites for hydroxylation is 3. The third-order valence-corrected chi connectivity index (χ3v) is 4.70. The molecule has 0 radical (unpaired) electrons. The topological polar surface area (TPSA) is 73.8 Å². The standard InChI is InChI=1S/C15H15N7S/c1-9-4-10(2)22-6-11(20-15(22)19-9)7-23-14-12-5-18-21(3)13(12)16-8-17-14/h4-6,8H,7H2,1-3H3. The van der Waals surface area contributed by atoms with E-state index in [0.717, 1.165) is 44.7 Å². The summed E-state index contributed by atoms with van der Waals surface area (Å²) in [6, 6.07) is 2.05. The van der Waals surface area contributed by atoms with Crippen LogP contribution >= 0.6 is 11.8 Å². The van der Waals surface area contributed by atoms with Gasteiger partial charge in [0.05, 0.1) is 17.3 Å². The minimum atomic E-state index is 0.725. The summed E-state index contributed by atoms with van der Waals surface area (Å²) in [4.78, 5) is 17.7. The SMILES string of the molecule is Cc1cc(C)n2cc(CSc3ncnc4c3cnn4C)nc2n1. The first-order chi connectivity index (χ1) is 11.1. The molecule has 0 unspecified atom stereocenters. The molecule has 4 rings (SSSR count). The van der Waals surface area contributed by atoms with Crippen molar-refractivity contribution in [1.29, 1.82) is 0 Å². The summed E-state index contributed by atoms with van der Waals surface area (Å²) in [6.45, 7) is 4.04. The van der Waals surface area contributed by atoms with Gasteiger partial charge in [0, 0.05) is 30.4 Å². The Labute approximate surface area is 136 Å². The van der Waals surface area contributed by atoms with Gasteiger partial charge in [-0.15, -0.1) is 0 Å². The molecule has 116 valence electrons. The lowest BCUT2D eigenvalue weighted by Gasteiger charge is -2.00. The van der Waals surface area contributed by atoms with Crippen LogP contribution in [0.25, 0.3) is 16.8 Å². The molecule has 4 aromatic rings. The van der Waals surface area contributed by atoms with E-state index in [1.807, 2.05) is 24.6 Å². The Kier molecular flexibility index (Phi) is 3.26. The normalized spacial score (nSPS) is 11.6. The van der Waals surface area contributed by atoms with E-state index >= 15 is 0 Å². The lowest BCUT2D eigenvalue weighted by molar-refractivity contribution is 0.784. The van der Waals surface area contributed by atoms with E-state index < -0.39 is 0 Å². The lowest BCUT2D eigenvalue weighted by Crippen LogP contribution is -1.94. The van der Waals surface area contributed by atoms with Crippen LogP contribution in [0.5, 0.6) is 0 Å². The van der Waals surface area contributed by atoms with Gasteiger partial charge in [0.15, 0.2) is 5.65 Å². The zero-order valence-electron chi connectivity index (χ0n) is 13.1. The highest BCUT2D eigenvalue weighted by molar-refractivity contribution is 7.98. The summed E-state index contributed by atoms with van der Waals surface area (Å²) in [7, 11) is 1.88. The van der Waals surface area contributed by atoms with Crippen LogP contribution in [0, 0.1) is 13.8 Å². The van der Waals surface area contributed by atoms with Gasteiger partial charge < -0.3 is 0 Å². The minimum absolute atomic E-state index is 0.725. The Hall–Kier alpha value is -2.48. The zero-order chi connectivity index (χ0) is 16.0. The number of fused-ring (bicyclic) bond motifs is 2. The summed E-state index contributed by atoms with van der Waals surface area (Å²) >= 11 is 1.63. The lowest BCUT2D eigenvalue weighted by atomic mass is 10.3. The molecule has 0 aliphatic heterocycles. The van der Waals surface area contributed by atoms with Crippen molar-refractivity contribution in [3.05, 3.63) is 41.9 Å². The number of aromatic nitrogens is 7. The van der Waals surface area contributed by atoms with Crippen molar-refractivity contribution >= 4 is 28.6 Å². The summed E-state index contributed by atoms with van der Waals surface area (Å²) < 4.78 is 3.77. The number of thioether (sulfide) groups is 1. The van der Waals surface area contributed by atoms with Crippen LogP contribution in [-0.4, -0.2) is 34.1 Å². The first kappa shape index (κ1) is 14.1. The Bertz CT molecular complexity index is 1020. The highest BCUT2D eigenvalue weighted by atomic mass is 32.2. The van der Waals surface area contributed by atoms with Crippen LogP contribution in [0.2, 0.25) is 0 Å². The molecule has 4 aromatic heterocycles. The van der Waals surface area contributed by atoms with E-state index in [1.54, 1.807) is 29.0 Å². The molecule has 0 saturated carbocycles. The minimum Gasteiger partial charge on any atom is -0.288 e. The molecule has 0 fully saturated rings. The Morgan fingerprint density at radius 2 is 2.04 bits per heavy atom. The fourth-order valence-corrected chi connectivity index (χ4v) is 3.43. The van der Waals surface area contributed by atoms with E-state index in [2.05, 4.69) is 38.0 Å². The van der Waals surface area contributed by atoms with Gasteiger partial charge in [-0.05, 0) is 19.9 Å². The second-order valence-electron chi connectivity index (χ2n) is 5.41. The van der Waals surface area contributed by atoms with Crippen LogP contribution in [0.4, 0.5) is 0 Å². The number of nitrogens with zero attached hydrogens (tertiary/aromatic N) is 7. The highest BCUT2D eigenvalue weighted by Gasteiger charge is 2.11. The second kappa shape index (κ2) is 5.31. The quantitative estimate of drug-likeness (QED) is 0.425. The molecule has 0 aromatic carbocycles. The van der Waals surface area contributed by atoms with Gasteiger partial charge in [-0.3, -0.25) is 9.08 Å². The van der Waals surface area contributed by atoms with Crippen LogP contribution in [0.3, 0.4) is 0 Å². The van der Waals surface area contributed by atoms with E-state index in [1.165, 1.54) is 0 Å². The smallest absolute Gasteiger partial charge is 0.234 e. The first-order valence-corrected chi connectivity index (χ1v) is 8.18. The first-order valence-electron chi connectivity index (χ1n) is 7.19. The van der Waals surface area contributed by atoms with Gasteiger partial charge in [-0.1, -0.05) is 11.8 Å². The average Bonchev–Trinajstić information content (AvgIpc) is 3.10. The summed E-state index contributed by atoms with van der Waals surface area (Å²) in [5.74, 6) is 1.47. The molecule has 0 amide bonds. The van der Waals surface area contributed by atoms with Crippen molar-refractivity contribution in [2.45, 2.75) is 24.6 Å². The molecule has 8 heteroatoms. The molecular formula is C15H15N7S. The fraction of sp³-hybridized carbons (Fsp3) is 0.267. The van der Waals surface area contributed by atoms with Crippen molar-refractivity contribution < 1.29 is 0 Å². The highest BCUT2D eigenvalue weighted by Crippen LogP contribution is 2.26. The largest absolute Gasteiger partial charge is 0.288 e. The van der Waals surface area contributed by atoms with Crippen molar-refractivity contribution in [2.75, 3.05) is 0 Å². The van der Waals surface area contributed by atoms with Crippen LogP contribution in [0.1, 0.15) is 17.1 Å². The molecule has 0 aliphatic carbocycles. The number of rotatable bonds is 3. The van der Waals surface area contributed by atoms with Gasteiger partial charge in [-0.25, -0.2) is 19.9 Å². The Morgan fingerprint density at radius 3 is 2.91 bits per heavy atom. The Balaban J connectivity index is 1.64. The van der Waals surface area contributed by atoms with Gasteiger partial charge in [0.25, 0.3) is 0 Å². The maximum atomic E-state index is 4.60. The maximum absolute atomic E-state index is 4.60. The van der Waals surface area contributed by atoms with E-state index in [0.29, 0.717) is 0 Å². The molecule has 4 heterocycles. The molecule has 23 heavy (non-hydrogen) atoms. The molecular weight excluding hydrogens is 310 g/mol. The second-order valence-corrected chi connectivity index (χ2v) is 6.38. The molecule has 0 N–H and O–H groups in total. The van der Waals surface area contributed by atoms with Gasteiger partial charge in [0.2, 0.25) is 5.78 Å². The number of imidazole rings is 1. The molecule has 7 nitrogen and oxygen atoms in total. The van der Waals surface area contributed by atoms with Crippen molar-refractivity contribution in [1.82, 2.24) is 34.1 Å². The summed E-state index contributed by atoms with van der Waals surface area (Å²) in [6.07, 6.45) is 5.41. The maximum Gasteiger partial charge on any atom is 0.234 e. The van der Waals surface area contributed by atoms with E-state index in [-0.39, 0.29) is 0 Å². The van der Waals surface area contributed by atoms with Crippen LogP contribution in [0.15, 0.2) is 29.8 Å². The third-order valence-electron chi connectivity index (χ3n) is 3.66. The van der Waals surface area contributed by atoms with E-state index in [9.17, 15) is 0 Å². The average molecular weight is 325 g/mol. The van der Waals surface area contributed by atoms with Crippen LogP contribution < -0.4 is 0 Å². The number of hydrogen-bond acceptors (Lipinski definition) is 6. The zero-order valence-corrected chi connectivity index (χ0v) is 13.9. The molecule has 0 bridgehead atoms. The molecule has 0 atom stereocenters. The van der Waals surface area contributed by atoms with Gasteiger partial charge in [-0.2, -0.15) is 5.10 Å². The summed E-state index contributed by atoms with van der Waals surface area (Å²) in [5, 5.41) is 6.12. The predicted octanol–water partition coefficient (Wildman–Crippen LogP) is 2.32. The van der Waals surface area contributed by atoms with Crippen molar-refractivity contribution in [2.24, 2.45) is 7.05 Å². The van der Waals surface area contributed by atoms with Gasteiger partial charge >= 0.3 is 0 Å². The Morgan fingerprint density at radius 1 is 1.17 bits per heavy atom. The van der Waals surface area contributed by atoms with E-state index in [4.69, 9.17) is 0 Å². The molecule has 0 aliphatic rings. The third kappa shape index (κ3) is 2.44. The van der Waals surface area contributed by atoms with Crippen molar-refractivity contribution in [3.63, 3.8) is 0 Å².